The molecule has 0 aliphatic carbocycles. The zero-order chi connectivity index (χ0) is 12.4. The summed E-state index contributed by atoms with van der Waals surface area (Å²) in [6.07, 6.45) is 0. The van der Waals surface area contributed by atoms with E-state index in [-0.39, 0.29) is 24.9 Å². The van der Waals surface area contributed by atoms with Crippen molar-refractivity contribution in [3.05, 3.63) is 33.3 Å². The average molecular weight is 318 g/mol. The lowest BCUT2D eigenvalue weighted by Gasteiger charge is -2.25. The molecule has 17 heavy (non-hydrogen) atoms. The molecule has 0 saturated carbocycles. The number of nitrogens with one attached hydrogen (secondary N) is 1. The fraction of sp³-hybridized carbons (Fsp3) is 0.273. The van der Waals surface area contributed by atoms with E-state index in [1.165, 1.54) is 0 Å². The van der Waals surface area contributed by atoms with Crippen molar-refractivity contribution in [2.75, 3.05) is 13.1 Å². The minimum absolute atomic E-state index is 0.220. The van der Waals surface area contributed by atoms with E-state index in [1.807, 2.05) is 12.1 Å². The summed E-state index contributed by atoms with van der Waals surface area (Å²) < 4.78 is 0.902. The lowest BCUT2D eigenvalue weighted by Crippen LogP contribution is -2.50. The first-order valence-electron chi connectivity index (χ1n) is 5.03. The van der Waals surface area contributed by atoms with Crippen molar-refractivity contribution in [2.24, 2.45) is 0 Å². The maximum atomic E-state index is 11.2. The van der Waals surface area contributed by atoms with E-state index >= 15 is 0 Å². The van der Waals surface area contributed by atoms with Crippen LogP contribution in [0.2, 0.25) is 5.02 Å². The fourth-order valence-electron chi connectivity index (χ4n) is 1.70. The number of amides is 2. The van der Waals surface area contributed by atoms with Gasteiger partial charge in [-0.25, -0.2) is 0 Å². The molecule has 1 fully saturated rings. The van der Waals surface area contributed by atoms with Crippen LogP contribution in [0.1, 0.15) is 5.56 Å². The average Bonchev–Trinajstić information content (AvgIpc) is 2.21. The number of halogens is 2. The molecular weight excluding hydrogens is 307 g/mol. The van der Waals surface area contributed by atoms with E-state index in [1.54, 1.807) is 11.0 Å². The Bertz CT molecular complexity index is 463. The number of hydrogen-bond acceptors (Lipinski definition) is 3. The molecule has 0 atom stereocenters. The Balaban J connectivity index is 2.10. The molecule has 1 aromatic carbocycles. The highest BCUT2D eigenvalue weighted by molar-refractivity contribution is 9.10. The Morgan fingerprint density at radius 1 is 1.29 bits per heavy atom. The van der Waals surface area contributed by atoms with Gasteiger partial charge in [-0.05, 0) is 17.7 Å². The topological polar surface area (TPSA) is 49.4 Å². The van der Waals surface area contributed by atoms with Gasteiger partial charge in [0.1, 0.15) is 0 Å². The molecule has 0 bridgehead atoms. The van der Waals surface area contributed by atoms with Gasteiger partial charge in [-0.2, -0.15) is 0 Å². The number of benzene rings is 1. The quantitative estimate of drug-likeness (QED) is 0.842. The summed E-state index contributed by atoms with van der Waals surface area (Å²) in [5.74, 6) is -0.538. The van der Waals surface area contributed by atoms with Gasteiger partial charge in [-0.15, -0.1) is 0 Å². The van der Waals surface area contributed by atoms with Crippen molar-refractivity contribution in [3.63, 3.8) is 0 Å². The molecule has 0 spiro atoms. The Labute approximate surface area is 112 Å². The summed E-state index contributed by atoms with van der Waals surface area (Å²) in [7, 11) is 0. The zero-order valence-corrected chi connectivity index (χ0v) is 11.2. The Hall–Kier alpha value is -0.910. The molecule has 90 valence electrons. The van der Waals surface area contributed by atoms with E-state index in [0.29, 0.717) is 11.6 Å². The maximum Gasteiger partial charge on any atom is 0.240 e. The molecule has 4 nitrogen and oxygen atoms in total. The van der Waals surface area contributed by atoms with Crippen molar-refractivity contribution in [2.45, 2.75) is 6.54 Å². The molecule has 0 radical (unpaired) electrons. The van der Waals surface area contributed by atoms with Gasteiger partial charge in [-0.3, -0.25) is 19.8 Å². The molecule has 1 saturated heterocycles. The molecule has 1 heterocycles. The molecule has 0 unspecified atom stereocenters. The predicted molar refractivity (Wildman–Crippen MR) is 67.6 cm³/mol. The van der Waals surface area contributed by atoms with E-state index in [4.69, 9.17) is 11.6 Å². The van der Waals surface area contributed by atoms with Crippen molar-refractivity contribution >= 4 is 39.3 Å². The Morgan fingerprint density at radius 2 is 1.94 bits per heavy atom. The molecule has 1 aromatic rings. The van der Waals surface area contributed by atoms with Gasteiger partial charge in [-0.1, -0.05) is 33.6 Å². The van der Waals surface area contributed by atoms with Crippen LogP contribution >= 0.6 is 27.5 Å². The lowest BCUT2D eigenvalue weighted by atomic mass is 10.2. The molecule has 1 N–H and O–H groups in total. The van der Waals surface area contributed by atoms with Gasteiger partial charge >= 0.3 is 0 Å². The summed E-state index contributed by atoms with van der Waals surface area (Å²) in [5, 5.41) is 2.88. The number of hydrogen-bond donors (Lipinski definition) is 1. The Kier molecular flexibility index (Phi) is 3.81. The van der Waals surface area contributed by atoms with Gasteiger partial charge in [0, 0.05) is 16.0 Å². The van der Waals surface area contributed by atoms with Crippen molar-refractivity contribution in [1.82, 2.24) is 10.2 Å². The third-order valence-electron chi connectivity index (χ3n) is 2.42. The number of carbonyl (C=O) groups is 2. The second-order valence-electron chi connectivity index (χ2n) is 3.85. The van der Waals surface area contributed by atoms with Crippen LogP contribution < -0.4 is 5.32 Å². The van der Waals surface area contributed by atoms with Crippen molar-refractivity contribution in [3.8, 4) is 0 Å². The van der Waals surface area contributed by atoms with Gasteiger partial charge in [0.25, 0.3) is 0 Å². The van der Waals surface area contributed by atoms with E-state index in [2.05, 4.69) is 21.2 Å². The highest BCUT2D eigenvalue weighted by Gasteiger charge is 2.22. The van der Waals surface area contributed by atoms with Crippen molar-refractivity contribution < 1.29 is 9.59 Å². The minimum Gasteiger partial charge on any atom is -0.294 e. The molecule has 2 rings (SSSR count). The van der Waals surface area contributed by atoms with E-state index < -0.39 is 0 Å². The van der Waals surface area contributed by atoms with Gasteiger partial charge < -0.3 is 0 Å². The molecule has 1 aliphatic heterocycles. The number of rotatable bonds is 2. The molecule has 2 amide bonds. The smallest absolute Gasteiger partial charge is 0.240 e. The number of nitrogens with zero attached hydrogens (tertiary/aromatic N) is 1. The summed E-state index contributed by atoms with van der Waals surface area (Å²) in [6, 6.07) is 5.55. The van der Waals surface area contributed by atoms with Crippen LogP contribution in [0, 0.1) is 0 Å². The standard InChI is InChI=1S/C11H10BrClN2O2/c12-8-2-1-7(9(13)3-8)4-15-5-10(16)14-11(17)6-15/h1-3H,4-6H2,(H,14,16,17). The molecule has 6 heteroatoms. The highest BCUT2D eigenvalue weighted by Crippen LogP contribution is 2.22. The first-order valence-corrected chi connectivity index (χ1v) is 6.20. The third kappa shape index (κ3) is 3.28. The third-order valence-corrected chi connectivity index (χ3v) is 3.27. The van der Waals surface area contributed by atoms with Gasteiger partial charge in [0.05, 0.1) is 13.1 Å². The summed E-state index contributed by atoms with van der Waals surface area (Å²) in [4.78, 5) is 24.2. The van der Waals surface area contributed by atoms with Crippen LogP contribution in [-0.4, -0.2) is 29.8 Å². The van der Waals surface area contributed by atoms with Crippen molar-refractivity contribution in [1.29, 1.82) is 0 Å². The first-order chi connectivity index (χ1) is 8.04. The summed E-state index contributed by atoms with van der Waals surface area (Å²) >= 11 is 9.40. The van der Waals surface area contributed by atoms with Crippen LogP contribution in [-0.2, 0) is 16.1 Å². The largest absolute Gasteiger partial charge is 0.294 e. The van der Waals surface area contributed by atoms with Gasteiger partial charge in [0.2, 0.25) is 11.8 Å². The minimum atomic E-state index is -0.269. The second-order valence-corrected chi connectivity index (χ2v) is 5.18. The Morgan fingerprint density at radius 3 is 2.53 bits per heavy atom. The van der Waals surface area contributed by atoms with Gasteiger partial charge in [0.15, 0.2) is 0 Å². The lowest BCUT2D eigenvalue weighted by molar-refractivity contribution is -0.136. The summed E-state index contributed by atoms with van der Waals surface area (Å²) in [5.41, 5.74) is 0.900. The van der Waals surface area contributed by atoms with Crippen LogP contribution in [0.25, 0.3) is 0 Å². The van der Waals surface area contributed by atoms with Crippen LogP contribution in [0.4, 0.5) is 0 Å². The monoisotopic (exact) mass is 316 g/mol. The second kappa shape index (κ2) is 5.16. The van der Waals surface area contributed by atoms with Crippen LogP contribution in [0.3, 0.4) is 0 Å². The SMILES string of the molecule is O=C1CN(Cc2ccc(Br)cc2Cl)CC(=O)N1. The van der Waals surface area contributed by atoms with Crippen LogP contribution in [0.15, 0.2) is 22.7 Å². The predicted octanol–water partition coefficient (Wildman–Crippen LogP) is 1.56. The maximum absolute atomic E-state index is 11.2. The van der Waals surface area contributed by atoms with E-state index in [0.717, 1.165) is 10.0 Å². The molecule has 1 aliphatic rings. The zero-order valence-electron chi connectivity index (χ0n) is 8.87. The normalized spacial score (nSPS) is 17.1. The first kappa shape index (κ1) is 12.5. The number of piperazine rings is 1. The molecule has 0 aromatic heterocycles. The number of imide groups is 1. The summed E-state index contributed by atoms with van der Waals surface area (Å²) in [6.45, 7) is 0.932. The van der Waals surface area contributed by atoms with Crippen LogP contribution in [0.5, 0.6) is 0 Å². The fourth-order valence-corrected chi connectivity index (χ4v) is 2.43. The molecular formula is C11H10BrClN2O2. The highest BCUT2D eigenvalue weighted by atomic mass is 79.9. The van der Waals surface area contributed by atoms with E-state index in [9.17, 15) is 9.59 Å². The number of carbonyl (C=O) groups excluding carboxylic acids is 2.